The smallest absolute Gasteiger partial charge is 0.272 e. The molecule has 1 aromatic carbocycles. The molecule has 1 aliphatic heterocycles. The molecule has 3 aromatic rings. The van der Waals surface area contributed by atoms with Gasteiger partial charge in [-0.15, -0.1) is 0 Å². The lowest BCUT2D eigenvalue weighted by molar-refractivity contribution is 0.0943. The molecule has 2 aromatic heterocycles. The molecule has 4 rings (SSSR count). The number of hydrogen-bond acceptors (Lipinski definition) is 6. The van der Waals surface area contributed by atoms with Crippen molar-refractivity contribution in [3.63, 3.8) is 0 Å². The Balaban J connectivity index is 1.55. The number of aromatic nitrogens is 3. The first-order valence-corrected chi connectivity index (χ1v) is 7.88. The molecular weight excluding hydrogens is 338 g/mol. The fourth-order valence-corrected chi connectivity index (χ4v) is 2.74. The van der Waals surface area contributed by atoms with Crippen LogP contribution in [0.4, 0.5) is 0 Å². The topological polar surface area (TPSA) is 118 Å². The largest absolute Gasteiger partial charge is 0.454 e. The van der Waals surface area contributed by atoms with E-state index in [1.807, 2.05) is 12.1 Å². The van der Waals surface area contributed by atoms with E-state index < -0.39 is 0 Å². The lowest BCUT2D eigenvalue weighted by Gasteiger charge is -2.06. The molecular formula is C17H15N5O4. The number of hydrogen-bond donors (Lipinski definition) is 3. The van der Waals surface area contributed by atoms with Crippen LogP contribution < -0.4 is 20.1 Å². The van der Waals surface area contributed by atoms with Crippen LogP contribution in [0.5, 0.6) is 11.5 Å². The van der Waals surface area contributed by atoms with Gasteiger partial charge < -0.3 is 25.1 Å². The standard InChI is InChI=1S/C17H15N5O4/c1-18-16(23)10-6-19-14-13(10)21-7-22-15(14)17(24)20-5-9-2-3-11-12(4-9)26-8-25-11/h2-4,6-7,19H,5,8H2,1H3,(H,18,23)(H,20,24). The number of nitrogens with one attached hydrogen (secondary N) is 3. The molecule has 0 atom stereocenters. The third-order valence-corrected chi connectivity index (χ3v) is 4.04. The fourth-order valence-electron chi connectivity index (χ4n) is 2.74. The molecule has 26 heavy (non-hydrogen) atoms. The molecule has 0 fully saturated rings. The second kappa shape index (κ2) is 6.36. The lowest BCUT2D eigenvalue weighted by atomic mass is 10.2. The Kier molecular flexibility index (Phi) is 3.88. The first-order valence-electron chi connectivity index (χ1n) is 7.88. The first kappa shape index (κ1) is 15.9. The second-order valence-electron chi connectivity index (χ2n) is 5.60. The molecule has 9 nitrogen and oxygen atoms in total. The molecule has 0 saturated heterocycles. The number of nitrogens with zero attached hydrogens (tertiary/aromatic N) is 2. The Hall–Kier alpha value is -3.62. The van der Waals surface area contributed by atoms with Gasteiger partial charge in [-0.2, -0.15) is 0 Å². The minimum atomic E-state index is -0.375. The Morgan fingerprint density at radius 1 is 1.19 bits per heavy atom. The van der Waals surface area contributed by atoms with Gasteiger partial charge >= 0.3 is 0 Å². The molecule has 0 aliphatic carbocycles. The summed E-state index contributed by atoms with van der Waals surface area (Å²) in [5, 5.41) is 5.34. The number of carbonyl (C=O) groups is 2. The zero-order valence-electron chi connectivity index (χ0n) is 13.8. The summed E-state index contributed by atoms with van der Waals surface area (Å²) in [6.45, 7) is 0.495. The maximum atomic E-state index is 12.5. The van der Waals surface area contributed by atoms with Crippen LogP contribution in [0.3, 0.4) is 0 Å². The van der Waals surface area contributed by atoms with Gasteiger partial charge in [0.25, 0.3) is 11.8 Å². The summed E-state index contributed by atoms with van der Waals surface area (Å²) in [5.74, 6) is 0.675. The highest BCUT2D eigenvalue weighted by Gasteiger charge is 2.19. The van der Waals surface area contributed by atoms with E-state index in [0.29, 0.717) is 34.6 Å². The number of rotatable bonds is 4. The minimum absolute atomic E-state index is 0.172. The monoisotopic (exact) mass is 353 g/mol. The number of benzene rings is 1. The van der Waals surface area contributed by atoms with Crippen LogP contribution in [-0.2, 0) is 6.54 Å². The highest BCUT2D eigenvalue weighted by atomic mass is 16.7. The molecule has 0 unspecified atom stereocenters. The van der Waals surface area contributed by atoms with Crippen LogP contribution in [0.2, 0.25) is 0 Å². The summed E-state index contributed by atoms with van der Waals surface area (Å²) in [5.41, 5.74) is 2.20. The van der Waals surface area contributed by atoms with E-state index in [4.69, 9.17) is 9.47 Å². The van der Waals surface area contributed by atoms with Gasteiger partial charge in [-0.25, -0.2) is 9.97 Å². The molecule has 2 amide bonds. The van der Waals surface area contributed by atoms with Gasteiger partial charge in [0.15, 0.2) is 17.2 Å². The van der Waals surface area contributed by atoms with Gasteiger partial charge in [-0.05, 0) is 17.7 Å². The summed E-state index contributed by atoms with van der Waals surface area (Å²) in [6, 6.07) is 5.46. The molecule has 3 N–H and O–H groups in total. The van der Waals surface area contributed by atoms with E-state index in [0.717, 1.165) is 5.56 Å². The van der Waals surface area contributed by atoms with Crippen LogP contribution in [-0.4, -0.2) is 40.6 Å². The van der Waals surface area contributed by atoms with E-state index in [1.54, 1.807) is 6.07 Å². The van der Waals surface area contributed by atoms with Crippen molar-refractivity contribution in [2.24, 2.45) is 0 Å². The van der Waals surface area contributed by atoms with Crippen molar-refractivity contribution in [2.45, 2.75) is 6.54 Å². The van der Waals surface area contributed by atoms with E-state index in [-0.39, 0.29) is 24.3 Å². The molecule has 9 heteroatoms. The molecule has 0 saturated carbocycles. The second-order valence-corrected chi connectivity index (χ2v) is 5.60. The molecule has 0 radical (unpaired) electrons. The van der Waals surface area contributed by atoms with Crippen molar-refractivity contribution in [1.82, 2.24) is 25.6 Å². The summed E-state index contributed by atoms with van der Waals surface area (Å²) in [4.78, 5) is 35.4. The summed E-state index contributed by atoms with van der Waals surface area (Å²) in [6.07, 6.45) is 2.77. The number of H-pyrrole nitrogens is 1. The summed E-state index contributed by atoms with van der Waals surface area (Å²) >= 11 is 0. The van der Waals surface area contributed by atoms with Crippen molar-refractivity contribution in [3.05, 3.63) is 47.5 Å². The minimum Gasteiger partial charge on any atom is -0.454 e. The Morgan fingerprint density at radius 3 is 2.88 bits per heavy atom. The maximum Gasteiger partial charge on any atom is 0.272 e. The average molecular weight is 353 g/mol. The lowest BCUT2D eigenvalue weighted by Crippen LogP contribution is -2.24. The molecule has 0 spiro atoms. The predicted octanol–water partition coefficient (Wildman–Crippen LogP) is 0.976. The third-order valence-electron chi connectivity index (χ3n) is 4.04. The highest BCUT2D eigenvalue weighted by molar-refractivity contribution is 6.10. The summed E-state index contributed by atoms with van der Waals surface area (Å²) in [7, 11) is 1.53. The van der Waals surface area contributed by atoms with Crippen LogP contribution in [0, 0.1) is 0 Å². The van der Waals surface area contributed by atoms with Gasteiger partial charge in [-0.3, -0.25) is 9.59 Å². The van der Waals surface area contributed by atoms with Crippen LogP contribution in [0.25, 0.3) is 11.0 Å². The molecule has 0 bridgehead atoms. The van der Waals surface area contributed by atoms with E-state index >= 15 is 0 Å². The zero-order valence-corrected chi connectivity index (χ0v) is 13.8. The first-order chi connectivity index (χ1) is 12.7. The van der Waals surface area contributed by atoms with Crippen molar-refractivity contribution in [1.29, 1.82) is 0 Å². The fraction of sp³-hybridized carbons (Fsp3) is 0.176. The highest BCUT2D eigenvalue weighted by Crippen LogP contribution is 2.32. The number of fused-ring (bicyclic) bond motifs is 2. The normalized spacial score (nSPS) is 12.2. The SMILES string of the molecule is CNC(=O)c1c[nH]c2c(C(=O)NCc3ccc4c(c3)OCO4)ncnc12. The molecule has 132 valence electrons. The van der Waals surface area contributed by atoms with Crippen molar-refractivity contribution in [2.75, 3.05) is 13.8 Å². The van der Waals surface area contributed by atoms with Crippen LogP contribution in [0.15, 0.2) is 30.7 Å². The van der Waals surface area contributed by atoms with Gasteiger partial charge in [-0.1, -0.05) is 6.07 Å². The van der Waals surface area contributed by atoms with Gasteiger partial charge in [0, 0.05) is 19.8 Å². The van der Waals surface area contributed by atoms with E-state index in [2.05, 4.69) is 25.6 Å². The van der Waals surface area contributed by atoms with Crippen molar-refractivity contribution >= 4 is 22.8 Å². The van der Waals surface area contributed by atoms with E-state index in [1.165, 1.54) is 19.6 Å². The van der Waals surface area contributed by atoms with Crippen molar-refractivity contribution < 1.29 is 19.1 Å². The number of ether oxygens (including phenoxy) is 2. The molecule has 1 aliphatic rings. The number of amides is 2. The Morgan fingerprint density at radius 2 is 2.04 bits per heavy atom. The van der Waals surface area contributed by atoms with Crippen LogP contribution >= 0.6 is 0 Å². The van der Waals surface area contributed by atoms with E-state index in [9.17, 15) is 9.59 Å². The third kappa shape index (κ3) is 2.69. The number of aromatic amines is 1. The van der Waals surface area contributed by atoms with Gasteiger partial charge in [0.1, 0.15) is 11.8 Å². The Bertz CT molecular complexity index is 1010. The van der Waals surface area contributed by atoms with Crippen LogP contribution in [0.1, 0.15) is 26.4 Å². The maximum absolute atomic E-state index is 12.5. The quantitative estimate of drug-likeness (QED) is 0.643. The van der Waals surface area contributed by atoms with Gasteiger partial charge in [0.05, 0.1) is 11.1 Å². The van der Waals surface area contributed by atoms with Crippen molar-refractivity contribution in [3.8, 4) is 11.5 Å². The summed E-state index contributed by atoms with van der Waals surface area (Å²) < 4.78 is 10.6. The predicted molar refractivity (Wildman–Crippen MR) is 91.0 cm³/mol. The Labute approximate surface area is 147 Å². The zero-order chi connectivity index (χ0) is 18.1. The number of carbonyl (C=O) groups excluding carboxylic acids is 2. The van der Waals surface area contributed by atoms with Gasteiger partial charge in [0.2, 0.25) is 6.79 Å². The molecule has 3 heterocycles. The average Bonchev–Trinajstić information content (AvgIpc) is 3.31.